The molecular formula is C11H12BrNO3S. The van der Waals surface area contributed by atoms with Crippen LogP contribution >= 0.6 is 15.9 Å². The van der Waals surface area contributed by atoms with Gasteiger partial charge < -0.3 is 0 Å². The highest BCUT2D eigenvalue weighted by Crippen LogP contribution is 2.27. The molecule has 1 fully saturated rings. The van der Waals surface area contributed by atoms with Gasteiger partial charge in [-0.1, -0.05) is 15.9 Å². The Morgan fingerprint density at radius 1 is 1.41 bits per heavy atom. The fourth-order valence-corrected chi connectivity index (χ4v) is 2.98. The molecule has 92 valence electrons. The van der Waals surface area contributed by atoms with Crippen molar-refractivity contribution in [3.8, 4) is 0 Å². The van der Waals surface area contributed by atoms with Crippen LogP contribution in [0.15, 0.2) is 22.7 Å². The van der Waals surface area contributed by atoms with E-state index in [0.717, 1.165) is 10.0 Å². The van der Waals surface area contributed by atoms with Crippen molar-refractivity contribution in [2.24, 2.45) is 0 Å². The third-order valence-electron chi connectivity index (χ3n) is 2.62. The van der Waals surface area contributed by atoms with Crippen molar-refractivity contribution in [3.05, 3.63) is 33.8 Å². The summed E-state index contributed by atoms with van der Waals surface area (Å²) in [7, 11) is -3.47. The van der Waals surface area contributed by atoms with Crippen molar-refractivity contribution in [1.82, 2.24) is 4.72 Å². The first-order chi connectivity index (χ1) is 7.90. The average Bonchev–Trinajstić information content (AvgIpc) is 3.04. The van der Waals surface area contributed by atoms with Crippen LogP contribution in [0.4, 0.5) is 0 Å². The van der Waals surface area contributed by atoms with Crippen LogP contribution in [0.3, 0.4) is 0 Å². The first-order valence-electron chi connectivity index (χ1n) is 5.22. The van der Waals surface area contributed by atoms with Gasteiger partial charge in [0.1, 0.15) is 0 Å². The third-order valence-corrected chi connectivity index (χ3v) is 5.33. The molecule has 0 unspecified atom stereocenters. The van der Waals surface area contributed by atoms with Gasteiger partial charge >= 0.3 is 0 Å². The van der Waals surface area contributed by atoms with Gasteiger partial charge in [-0.05, 0) is 43.5 Å². The second kappa shape index (κ2) is 4.42. The quantitative estimate of drug-likeness (QED) is 0.927. The highest BCUT2D eigenvalue weighted by molar-refractivity contribution is 9.10. The van der Waals surface area contributed by atoms with Crippen LogP contribution in [0.1, 0.15) is 28.8 Å². The van der Waals surface area contributed by atoms with Crippen molar-refractivity contribution in [2.75, 3.05) is 0 Å². The van der Waals surface area contributed by atoms with Crippen molar-refractivity contribution in [3.63, 3.8) is 0 Å². The van der Waals surface area contributed by atoms with Gasteiger partial charge in [0, 0.05) is 10.0 Å². The van der Waals surface area contributed by atoms with Crippen molar-refractivity contribution in [1.29, 1.82) is 0 Å². The van der Waals surface area contributed by atoms with E-state index in [2.05, 4.69) is 20.7 Å². The van der Waals surface area contributed by atoms with E-state index < -0.39 is 15.9 Å². The summed E-state index contributed by atoms with van der Waals surface area (Å²) in [6.45, 7) is 1.84. The molecule has 1 aromatic rings. The maximum Gasteiger partial charge on any atom is 0.264 e. The fourth-order valence-electron chi connectivity index (χ4n) is 1.44. The molecule has 0 atom stereocenters. The number of carbonyl (C=O) groups is 1. The van der Waals surface area contributed by atoms with Crippen LogP contribution < -0.4 is 4.72 Å². The van der Waals surface area contributed by atoms with E-state index in [4.69, 9.17) is 0 Å². The number of amides is 1. The number of sulfonamides is 1. The molecule has 1 aromatic carbocycles. The number of halogens is 1. The number of hydrogen-bond donors (Lipinski definition) is 1. The first-order valence-corrected chi connectivity index (χ1v) is 7.56. The topological polar surface area (TPSA) is 63.2 Å². The van der Waals surface area contributed by atoms with Crippen molar-refractivity contribution in [2.45, 2.75) is 25.0 Å². The van der Waals surface area contributed by atoms with E-state index in [0.29, 0.717) is 18.4 Å². The Balaban J connectivity index is 2.17. The van der Waals surface area contributed by atoms with E-state index in [1.165, 1.54) is 0 Å². The average molecular weight is 318 g/mol. The molecule has 0 heterocycles. The van der Waals surface area contributed by atoms with Gasteiger partial charge in [-0.15, -0.1) is 0 Å². The van der Waals surface area contributed by atoms with Crippen LogP contribution in [-0.4, -0.2) is 19.6 Å². The minimum atomic E-state index is -3.47. The van der Waals surface area contributed by atoms with Gasteiger partial charge in [0.15, 0.2) is 0 Å². The minimum Gasteiger partial charge on any atom is -0.268 e. The van der Waals surface area contributed by atoms with E-state index in [-0.39, 0.29) is 5.25 Å². The molecule has 2 rings (SSSR count). The van der Waals surface area contributed by atoms with Gasteiger partial charge in [-0.2, -0.15) is 0 Å². The molecule has 1 aliphatic carbocycles. The van der Waals surface area contributed by atoms with Gasteiger partial charge in [0.25, 0.3) is 5.91 Å². The van der Waals surface area contributed by atoms with Crippen molar-refractivity contribution < 1.29 is 13.2 Å². The smallest absolute Gasteiger partial charge is 0.264 e. The monoisotopic (exact) mass is 317 g/mol. The van der Waals surface area contributed by atoms with Crippen LogP contribution in [0.25, 0.3) is 0 Å². The van der Waals surface area contributed by atoms with Gasteiger partial charge in [0.2, 0.25) is 10.0 Å². The summed E-state index contributed by atoms with van der Waals surface area (Å²) >= 11 is 3.32. The molecule has 0 aromatic heterocycles. The summed E-state index contributed by atoms with van der Waals surface area (Å²) in [5.41, 5.74) is 1.25. The zero-order valence-electron chi connectivity index (χ0n) is 9.23. The molecule has 6 heteroatoms. The normalized spacial score (nSPS) is 15.6. The number of hydrogen-bond acceptors (Lipinski definition) is 3. The van der Waals surface area contributed by atoms with E-state index >= 15 is 0 Å². The Kier molecular flexibility index (Phi) is 3.27. The lowest BCUT2D eigenvalue weighted by Crippen LogP contribution is -2.33. The predicted molar refractivity (Wildman–Crippen MR) is 68.3 cm³/mol. The molecule has 0 aliphatic heterocycles. The Labute approximate surface area is 109 Å². The highest BCUT2D eigenvalue weighted by atomic mass is 79.9. The molecule has 17 heavy (non-hydrogen) atoms. The molecule has 1 saturated carbocycles. The largest absolute Gasteiger partial charge is 0.268 e. The maximum absolute atomic E-state index is 11.8. The zero-order valence-corrected chi connectivity index (χ0v) is 11.6. The Hall–Kier alpha value is -0.880. The zero-order chi connectivity index (χ0) is 12.6. The van der Waals surface area contributed by atoms with Gasteiger partial charge in [-0.3, -0.25) is 4.79 Å². The van der Waals surface area contributed by atoms with Gasteiger partial charge in [-0.25, -0.2) is 13.1 Å². The maximum atomic E-state index is 11.8. The highest BCUT2D eigenvalue weighted by Gasteiger charge is 2.36. The Bertz CT molecular complexity index is 564. The van der Waals surface area contributed by atoms with Crippen LogP contribution in [0, 0.1) is 6.92 Å². The summed E-state index contributed by atoms with van der Waals surface area (Å²) in [4.78, 5) is 11.8. The molecule has 1 N–H and O–H groups in total. The number of rotatable bonds is 3. The summed E-state index contributed by atoms with van der Waals surface area (Å²) in [5, 5.41) is -0.386. The standard InChI is InChI=1S/C11H12BrNO3S/c1-7-6-8(2-5-10(7)12)11(14)13-17(15,16)9-3-4-9/h2,5-6,9H,3-4H2,1H3,(H,13,14). The minimum absolute atomic E-state index is 0.356. The lowest BCUT2D eigenvalue weighted by Gasteiger charge is -2.06. The lowest BCUT2D eigenvalue weighted by atomic mass is 10.1. The lowest BCUT2D eigenvalue weighted by molar-refractivity contribution is 0.0981. The second-order valence-electron chi connectivity index (χ2n) is 4.14. The first kappa shape index (κ1) is 12.6. The Morgan fingerprint density at radius 2 is 2.06 bits per heavy atom. The molecule has 0 saturated heterocycles. The van der Waals surface area contributed by atoms with Gasteiger partial charge in [0.05, 0.1) is 5.25 Å². The van der Waals surface area contributed by atoms with E-state index in [1.807, 2.05) is 6.92 Å². The van der Waals surface area contributed by atoms with E-state index in [1.54, 1.807) is 18.2 Å². The van der Waals surface area contributed by atoms with E-state index in [9.17, 15) is 13.2 Å². The molecule has 0 radical (unpaired) electrons. The number of nitrogens with one attached hydrogen (secondary N) is 1. The summed E-state index contributed by atoms with van der Waals surface area (Å²) in [5.74, 6) is -0.562. The van der Waals surface area contributed by atoms with Crippen LogP contribution in [0.5, 0.6) is 0 Å². The number of carbonyl (C=O) groups excluding carboxylic acids is 1. The molecule has 4 nitrogen and oxygen atoms in total. The summed E-state index contributed by atoms with van der Waals surface area (Å²) < 4.78 is 26.2. The number of aryl methyl sites for hydroxylation is 1. The third kappa shape index (κ3) is 2.87. The van der Waals surface area contributed by atoms with Crippen molar-refractivity contribution >= 4 is 31.9 Å². The second-order valence-corrected chi connectivity index (χ2v) is 6.95. The summed E-state index contributed by atoms with van der Waals surface area (Å²) in [6, 6.07) is 4.98. The van der Waals surface area contributed by atoms with Crippen LogP contribution in [-0.2, 0) is 10.0 Å². The summed E-state index contributed by atoms with van der Waals surface area (Å²) in [6.07, 6.45) is 1.28. The predicted octanol–water partition coefficient (Wildman–Crippen LogP) is 1.98. The SMILES string of the molecule is Cc1cc(C(=O)NS(=O)(=O)C2CC2)ccc1Br. The molecule has 1 amide bonds. The molecule has 0 spiro atoms. The molecular weight excluding hydrogens is 306 g/mol. The Morgan fingerprint density at radius 3 is 2.59 bits per heavy atom. The van der Waals surface area contributed by atoms with Crippen LogP contribution in [0.2, 0.25) is 0 Å². The molecule has 0 bridgehead atoms. The fraction of sp³-hybridized carbons (Fsp3) is 0.364. The molecule has 1 aliphatic rings. The number of benzene rings is 1.